The maximum absolute atomic E-state index is 10.3. The highest BCUT2D eigenvalue weighted by Crippen LogP contribution is 2.00. The van der Waals surface area contributed by atoms with Crippen LogP contribution in [-0.4, -0.2) is 24.4 Å². The predicted molar refractivity (Wildman–Crippen MR) is 45.7 cm³/mol. The van der Waals surface area contributed by atoms with Crippen LogP contribution in [0.25, 0.3) is 0 Å². The van der Waals surface area contributed by atoms with Gasteiger partial charge in [0.2, 0.25) is 10.3 Å². The van der Waals surface area contributed by atoms with E-state index in [1.54, 1.807) is 0 Å². The summed E-state index contributed by atoms with van der Waals surface area (Å²) in [5.74, 6) is -1.33. The normalized spacial score (nSPS) is 9.42. The Morgan fingerprint density at radius 3 is 2.25 bits per heavy atom. The quantitative estimate of drug-likeness (QED) is 0.514. The van der Waals surface area contributed by atoms with Crippen molar-refractivity contribution >= 4 is 21.1 Å². The van der Waals surface area contributed by atoms with E-state index in [0.717, 1.165) is 12.8 Å². The molecule has 0 radical (unpaired) electrons. The number of hydrogen-bond acceptors (Lipinski definition) is 3. The fraction of sp³-hybridized carbons (Fsp3) is 0.714. The molecular weight excluding hydrogens is 180 g/mol. The Balaban J connectivity index is 4.20. The van der Waals surface area contributed by atoms with Crippen LogP contribution in [0, 0.1) is 0 Å². The molecule has 0 aliphatic rings. The number of unbranched alkanes of at least 4 members (excludes halogenated alkanes) is 2. The van der Waals surface area contributed by atoms with Gasteiger partial charge in [-0.05, 0) is 12.8 Å². The Kier molecular flexibility index (Phi) is 5.36. The second-order valence-electron chi connectivity index (χ2n) is 2.42. The van der Waals surface area contributed by atoms with Gasteiger partial charge in [-0.25, -0.2) is 4.79 Å². The highest BCUT2D eigenvalue weighted by molar-refractivity contribution is 7.74. The van der Waals surface area contributed by atoms with Crippen molar-refractivity contribution in [3.05, 3.63) is 0 Å². The Morgan fingerprint density at radius 1 is 1.33 bits per heavy atom. The molecule has 70 valence electrons. The molecule has 0 rings (SSSR count). The molecule has 0 spiro atoms. The molecule has 1 N–H and O–H groups in total. The zero-order chi connectivity index (χ0) is 9.56. The minimum Gasteiger partial charge on any atom is -0.477 e. The van der Waals surface area contributed by atoms with E-state index in [2.05, 4.69) is 0 Å². The van der Waals surface area contributed by atoms with Crippen molar-refractivity contribution in [2.45, 2.75) is 32.6 Å². The molecule has 0 atom stereocenters. The first-order valence-corrected chi connectivity index (χ1v) is 4.85. The van der Waals surface area contributed by atoms with E-state index in [1.165, 1.54) is 0 Å². The van der Waals surface area contributed by atoms with Gasteiger partial charge in [-0.3, -0.25) is 0 Å². The lowest BCUT2D eigenvalue weighted by Gasteiger charge is -1.94. The van der Waals surface area contributed by atoms with Crippen molar-refractivity contribution in [3.8, 4) is 0 Å². The molecular formula is C7H12O4S. The molecule has 0 fully saturated rings. The molecule has 0 saturated carbocycles. The van der Waals surface area contributed by atoms with Gasteiger partial charge in [-0.1, -0.05) is 19.8 Å². The van der Waals surface area contributed by atoms with E-state index >= 15 is 0 Å². The van der Waals surface area contributed by atoms with Crippen molar-refractivity contribution in [1.82, 2.24) is 0 Å². The van der Waals surface area contributed by atoms with Crippen LogP contribution >= 0.6 is 0 Å². The van der Waals surface area contributed by atoms with E-state index in [4.69, 9.17) is 5.11 Å². The van der Waals surface area contributed by atoms with Crippen LogP contribution in [0.4, 0.5) is 0 Å². The Morgan fingerprint density at radius 2 is 1.92 bits per heavy atom. The maximum Gasteiger partial charge on any atom is 0.347 e. The summed E-state index contributed by atoms with van der Waals surface area (Å²) in [6.07, 6.45) is 2.55. The third kappa shape index (κ3) is 4.12. The predicted octanol–water partition coefficient (Wildman–Crippen LogP) is 0.703. The number of carbonyl (C=O) groups is 1. The van der Waals surface area contributed by atoms with E-state index in [1.807, 2.05) is 6.92 Å². The molecule has 0 bridgehead atoms. The van der Waals surface area contributed by atoms with Crippen molar-refractivity contribution in [2.24, 2.45) is 0 Å². The van der Waals surface area contributed by atoms with Crippen LogP contribution in [0.5, 0.6) is 0 Å². The van der Waals surface area contributed by atoms with E-state index < -0.39 is 21.1 Å². The standard InChI is InChI=1S/C7H12O4S/c1-2-3-4-5-6(7(8)9)12(10)11/h2-5H2,1H3,(H,8,9). The van der Waals surface area contributed by atoms with Crippen molar-refractivity contribution in [2.75, 3.05) is 0 Å². The molecule has 0 aliphatic heterocycles. The first kappa shape index (κ1) is 11.2. The zero-order valence-electron chi connectivity index (χ0n) is 6.91. The summed E-state index contributed by atoms with van der Waals surface area (Å²) in [6.45, 7) is 1.97. The van der Waals surface area contributed by atoms with Crippen molar-refractivity contribution < 1.29 is 18.3 Å². The summed E-state index contributed by atoms with van der Waals surface area (Å²) < 4.78 is 20.6. The SMILES string of the molecule is CCCCCC(C(=O)O)=S(=O)=O. The third-order valence-corrected chi connectivity index (χ3v) is 2.23. The first-order valence-electron chi connectivity index (χ1n) is 3.78. The number of carboxylic acid groups (broad SMARTS) is 1. The molecule has 0 amide bonds. The van der Waals surface area contributed by atoms with Crippen LogP contribution in [0.1, 0.15) is 32.6 Å². The average molecular weight is 192 g/mol. The molecule has 0 saturated heterocycles. The van der Waals surface area contributed by atoms with Crippen LogP contribution in [-0.2, 0) is 15.1 Å². The van der Waals surface area contributed by atoms with Gasteiger partial charge in [0, 0.05) is 0 Å². The summed E-state index contributed by atoms with van der Waals surface area (Å²) >= 11 is 0. The zero-order valence-corrected chi connectivity index (χ0v) is 7.73. The summed E-state index contributed by atoms with van der Waals surface area (Å²) in [5.41, 5.74) is 0. The summed E-state index contributed by atoms with van der Waals surface area (Å²) in [5, 5.41) is 8.41. The number of hydrogen-bond donors (Lipinski definition) is 1. The van der Waals surface area contributed by atoms with E-state index in [0.29, 0.717) is 6.42 Å². The Bertz CT molecular complexity index is 268. The lowest BCUT2D eigenvalue weighted by Crippen LogP contribution is -2.13. The van der Waals surface area contributed by atoms with Gasteiger partial charge >= 0.3 is 5.97 Å². The second kappa shape index (κ2) is 5.77. The lowest BCUT2D eigenvalue weighted by atomic mass is 10.1. The summed E-state index contributed by atoms with van der Waals surface area (Å²) in [7, 11) is -2.57. The van der Waals surface area contributed by atoms with E-state index in [-0.39, 0.29) is 6.42 Å². The number of aliphatic carboxylic acids is 1. The van der Waals surface area contributed by atoms with Gasteiger partial charge in [0.25, 0.3) is 0 Å². The fourth-order valence-electron chi connectivity index (χ4n) is 0.797. The highest BCUT2D eigenvalue weighted by atomic mass is 32.2. The molecule has 0 aliphatic carbocycles. The van der Waals surface area contributed by atoms with Crippen LogP contribution in [0.3, 0.4) is 0 Å². The molecule has 5 heteroatoms. The number of rotatable bonds is 5. The Hall–Kier alpha value is -0.840. The first-order chi connectivity index (χ1) is 5.59. The molecule has 0 unspecified atom stereocenters. The monoisotopic (exact) mass is 192 g/mol. The van der Waals surface area contributed by atoms with Gasteiger partial charge in [0.1, 0.15) is 0 Å². The van der Waals surface area contributed by atoms with Crippen molar-refractivity contribution in [3.63, 3.8) is 0 Å². The minimum atomic E-state index is -2.57. The van der Waals surface area contributed by atoms with Crippen LogP contribution < -0.4 is 0 Å². The van der Waals surface area contributed by atoms with Gasteiger partial charge in [-0.2, -0.15) is 8.42 Å². The minimum absolute atomic E-state index is 0.138. The van der Waals surface area contributed by atoms with Gasteiger partial charge < -0.3 is 5.11 Å². The summed E-state index contributed by atoms with van der Waals surface area (Å²) in [6, 6.07) is 0. The molecule has 0 heterocycles. The number of carboxylic acids is 1. The fourth-order valence-corrected chi connectivity index (χ4v) is 1.25. The lowest BCUT2D eigenvalue weighted by molar-refractivity contribution is -0.129. The van der Waals surface area contributed by atoms with Gasteiger partial charge in [0.05, 0.1) is 0 Å². The maximum atomic E-state index is 10.3. The molecule has 0 aromatic heterocycles. The largest absolute Gasteiger partial charge is 0.477 e. The average Bonchev–Trinajstić information content (AvgIpc) is 1.96. The molecule has 0 aromatic rings. The summed E-state index contributed by atoms with van der Waals surface area (Å²) in [4.78, 5) is 9.89. The second-order valence-corrected chi connectivity index (χ2v) is 3.38. The van der Waals surface area contributed by atoms with E-state index in [9.17, 15) is 13.2 Å². The van der Waals surface area contributed by atoms with Crippen molar-refractivity contribution in [1.29, 1.82) is 0 Å². The topological polar surface area (TPSA) is 71.4 Å². The molecule has 0 aromatic carbocycles. The highest BCUT2D eigenvalue weighted by Gasteiger charge is 2.09. The van der Waals surface area contributed by atoms with Gasteiger partial charge in [0.15, 0.2) is 4.86 Å². The Labute approximate surface area is 72.7 Å². The van der Waals surface area contributed by atoms with Crippen LogP contribution in [0.2, 0.25) is 0 Å². The third-order valence-electron chi connectivity index (χ3n) is 1.45. The van der Waals surface area contributed by atoms with Gasteiger partial charge in [-0.15, -0.1) is 0 Å². The van der Waals surface area contributed by atoms with Crippen LogP contribution in [0.15, 0.2) is 0 Å². The molecule has 4 nitrogen and oxygen atoms in total. The molecule has 12 heavy (non-hydrogen) atoms. The smallest absolute Gasteiger partial charge is 0.347 e.